The van der Waals surface area contributed by atoms with Gasteiger partial charge in [-0.3, -0.25) is 4.79 Å². The molecule has 55 heavy (non-hydrogen) atoms. The van der Waals surface area contributed by atoms with Gasteiger partial charge in [0.2, 0.25) is 13.0 Å². The molecule has 7 nitrogen and oxygen atoms in total. The van der Waals surface area contributed by atoms with Gasteiger partial charge >= 0.3 is 0 Å². The molecule has 0 atom stereocenters. The van der Waals surface area contributed by atoms with E-state index >= 15 is 0 Å². The Balaban J connectivity index is 0.000000191. The maximum absolute atomic E-state index is 12.9. The molecule has 0 radical (unpaired) electrons. The Kier molecular flexibility index (Phi) is 19.3. The highest BCUT2D eigenvalue weighted by atomic mass is 79.9. The number of carbonyl (C=O) groups is 1. The summed E-state index contributed by atoms with van der Waals surface area (Å²) in [6.45, 7) is 7.78. The largest absolute Gasteiger partial charge is 0.355 e. The van der Waals surface area contributed by atoms with E-state index in [0.717, 1.165) is 42.4 Å². The summed E-state index contributed by atoms with van der Waals surface area (Å²) in [5.74, 6) is -0.971. The molecule has 3 aromatic heterocycles. The van der Waals surface area contributed by atoms with Crippen molar-refractivity contribution in [3.8, 4) is 11.3 Å². The van der Waals surface area contributed by atoms with Crippen LogP contribution in [0.3, 0.4) is 0 Å². The van der Waals surface area contributed by atoms with Crippen LogP contribution in [0, 0.1) is 29.8 Å². The summed E-state index contributed by atoms with van der Waals surface area (Å²) in [6, 6.07) is 32.0. The van der Waals surface area contributed by atoms with Crippen molar-refractivity contribution >= 4 is 55.4 Å². The number of nitrogens with two attached hydrogens (primary N) is 1. The molecule has 7 rings (SSSR count). The topological polar surface area (TPSA) is 89.7 Å². The van der Waals surface area contributed by atoms with Gasteiger partial charge in [0.25, 0.3) is 0 Å². The van der Waals surface area contributed by atoms with Gasteiger partial charge in [-0.15, -0.1) is 0 Å². The van der Waals surface area contributed by atoms with Gasteiger partial charge in [-0.25, -0.2) is 34.1 Å². The van der Waals surface area contributed by atoms with E-state index in [1.807, 2.05) is 28.8 Å². The van der Waals surface area contributed by atoms with Crippen molar-refractivity contribution in [2.45, 2.75) is 19.6 Å². The SMILES string of the molecule is Clc1ccc(Br)cn1.Fc1ccc(-c2ncn3cc(Br)ccc23)cc1.NCc1ccc(F)cc1.O=CNCc1ccc(F)cc1.[C-]#[N+]Cc1ccc(F)cc1. The Hall–Kier alpha value is -5.39. The first-order valence-corrected chi connectivity index (χ1v) is 18.1. The Bertz CT molecular complexity index is 2200. The highest BCUT2D eigenvalue weighted by Gasteiger charge is 2.07. The zero-order valence-electron chi connectivity index (χ0n) is 28.9. The van der Waals surface area contributed by atoms with Crippen LogP contribution in [0.15, 0.2) is 149 Å². The number of hydrogen-bond acceptors (Lipinski definition) is 4. The van der Waals surface area contributed by atoms with Gasteiger partial charge in [0.1, 0.15) is 28.4 Å². The number of imidazole rings is 1. The van der Waals surface area contributed by atoms with Crippen LogP contribution in [0.1, 0.15) is 16.7 Å². The lowest BCUT2D eigenvalue weighted by Crippen LogP contribution is -2.09. The summed E-state index contributed by atoms with van der Waals surface area (Å²) >= 11 is 12.1. The molecule has 4 aromatic carbocycles. The summed E-state index contributed by atoms with van der Waals surface area (Å²) in [6.07, 6.45) is 5.96. The molecule has 0 bridgehead atoms. The summed E-state index contributed by atoms with van der Waals surface area (Å²) in [7, 11) is 0. The predicted octanol–water partition coefficient (Wildman–Crippen LogP) is 11.0. The van der Waals surface area contributed by atoms with E-state index in [9.17, 15) is 22.4 Å². The first-order chi connectivity index (χ1) is 26.5. The number of halogens is 7. The number of aromatic nitrogens is 3. The molecule has 0 unspecified atom stereocenters. The second-order valence-corrected chi connectivity index (χ2v) is 13.2. The minimum atomic E-state index is -0.264. The normalized spacial score (nSPS) is 9.73. The molecular weight excluding hydrogens is 864 g/mol. The van der Waals surface area contributed by atoms with E-state index in [1.54, 1.807) is 67.1 Å². The predicted molar refractivity (Wildman–Crippen MR) is 216 cm³/mol. The van der Waals surface area contributed by atoms with Gasteiger partial charge in [-0.2, -0.15) is 0 Å². The van der Waals surface area contributed by atoms with Crippen molar-refractivity contribution in [1.29, 1.82) is 0 Å². The van der Waals surface area contributed by atoms with Gasteiger partial charge in [0.15, 0.2) is 0 Å². The minimum Gasteiger partial charge on any atom is -0.355 e. The number of benzene rings is 4. The van der Waals surface area contributed by atoms with Crippen LogP contribution in [0.2, 0.25) is 5.15 Å². The first-order valence-electron chi connectivity index (χ1n) is 16.1. The number of nitrogens with zero attached hydrogens (tertiary/aromatic N) is 4. The maximum Gasteiger partial charge on any atom is 0.239 e. The van der Waals surface area contributed by atoms with Gasteiger partial charge in [-0.05, 0) is 140 Å². The van der Waals surface area contributed by atoms with E-state index < -0.39 is 0 Å². The third kappa shape index (κ3) is 16.7. The zero-order valence-corrected chi connectivity index (χ0v) is 32.8. The smallest absolute Gasteiger partial charge is 0.239 e. The molecule has 0 aliphatic rings. The Morgan fingerprint density at radius 1 is 0.709 bits per heavy atom. The molecule has 282 valence electrons. The molecule has 0 spiro atoms. The lowest BCUT2D eigenvalue weighted by molar-refractivity contribution is -0.109. The Morgan fingerprint density at radius 3 is 1.69 bits per heavy atom. The molecule has 3 N–H and O–H groups in total. The molecule has 0 aliphatic carbocycles. The summed E-state index contributed by atoms with van der Waals surface area (Å²) in [5.41, 5.74) is 10.7. The second-order valence-electron chi connectivity index (χ2n) is 10.9. The zero-order chi connectivity index (χ0) is 40.0. The highest BCUT2D eigenvalue weighted by molar-refractivity contribution is 9.10. The van der Waals surface area contributed by atoms with E-state index in [-0.39, 0.29) is 23.3 Å². The summed E-state index contributed by atoms with van der Waals surface area (Å²) in [5, 5.41) is 3.00. The van der Waals surface area contributed by atoms with E-state index in [1.165, 1.54) is 48.5 Å². The Morgan fingerprint density at radius 2 is 1.22 bits per heavy atom. The van der Waals surface area contributed by atoms with Crippen LogP contribution in [0.5, 0.6) is 0 Å². The average molecular weight is 897 g/mol. The van der Waals surface area contributed by atoms with Gasteiger partial charge in [0.05, 0.1) is 17.5 Å². The number of fused-ring (bicyclic) bond motifs is 1. The second kappa shape index (κ2) is 24.1. The lowest BCUT2D eigenvalue weighted by Gasteiger charge is -1.99. The fraction of sp³-hybridized carbons (Fsp3) is 0.0732. The van der Waals surface area contributed by atoms with Crippen LogP contribution in [0.25, 0.3) is 21.6 Å². The van der Waals surface area contributed by atoms with Crippen molar-refractivity contribution in [3.63, 3.8) is 0 Å². The van der Waals surface area contributed by atoms with Crippen LogP contribution >= 0.6 is 43.5 Å². The van der Waals surface area contributed by atoms with Crippen molar-refractivity contribution in [2.75, 3.05) is 0 Å². The molecule has 3 heterocycles. The number of carbonyl (C=O) groups excluding carboxylic acids is 1. The quantitative estimate of drug-likeness (QED) is 0.0753. The number of pyridine rings is 2. The first kappa shape index (κ1) is 44.0. The van der Waals surface area contributed by atoms with Crippen molar-refractivity contribution < 1.29 is 22.4 Å². The maximum atomic E-state index is 12.9. The monoisotopic (exact) mass is 894 g/mol. The van der Waals surface area contributed by atoms with Gasteiger partial charge < -0.3 is 20.3 Å². The van der Waals surface area contributed by atoms with Crippen molar-refractivity contribution in [2.24, 2.45) is 5.73 Å². The Labute approximate surface area is 337 Å². The molecule has 0 saturated heterocycles. The highest BCUT2D eigenvalue weighted by Crippen LogP contribution is 2.24. The van der Waals surface area contributed by atoms with E-state index in [2.05, 4.69) is 52.0 Å². The van der Waals surface area contributed by atoms with Crippen LogP contribution in [0.4, 0.5) is 17.6 Å². The van der Waals surface area contributed by atoms with Gasteiger partial charge in [-0.1, -0.05) is 35.9 Å². The standard InChI is InChI=1S/C13H8BrFN2.C8H8FNO.C8H6FN.C7H8FN.C5H3BrClN/c14-10-3-6-12-13(16-8-17(12)7-10)9-1-4-11(15)5-2-9;9-8-3-1-7(2-4-8)5-10-6-11;1-10-6-7-2-4-8(9)5-3-7;8-7-3-1-6(5-9)2-4-7;6-4-1-2-5(7)8-3-4/h1-8H;1-4,6H,5H2,(H,10,11);2-5H,6H2;1-4H,5,9H2;1-3H. The van der Waals surface area contributed by atoms with E-state index in [4.69, 9.17) is 23.9 Å². The van der Waals surface area contributed by atoms with Gasteiger partial charge in [0, 0.05) is 45.6 Å². The lowest BCUT2D eigenvalue weighted by atomic mass is 10.1. The molecule has 0 fully saturated rings. The molecule has 1 amide bonds. The fourth-order valence-electron chi connectivity index (χ4n) is 4.22. The molecular formula is C41H33Br2ClF4N6O. The van der Waals surface area contributed by atoms with E-state index in [0.29, 0.717) is 31.2 Å². The average Bonchev–Trinajstić information content (AvgIpc) is 3.61. The number of amides is 1. The molecule has 7 aromatic rings. The minimum absolute atomic E-state index is 0.216. The molecule has 0 aliphatic heterocycles. The third-order valence-electron chi connectivity index (χ3n) is 6.93. The molecule has 0 saturated carbocycles. The van der Waals surface area contributed by atoms with Crippen molar-refractivity contribution in [3.05, 3.63) is 206 Å². The number of nitrogens with one attached hydrogen (secondary N) is 1. The summed E-state index contributed by atoms with van der Waals surface area (Å²) in [4.78, 5) is 21.2. The van der Waals surface area contributed by atoms with Crippen LogP contribution in [-0.4, -0.2) is 20.8 Å². The number of hydrogen-bond donors (Lipinski definition) is 2. The summed E-state index contributed by atoms with van der Waals surface area (Å²) < 4.78 is 53.5. The van der Waals surface area contributed by atoms with Crippen molar-refractivity contribution in [1.82, 2.24) is 19.7 Å². The van der Waals surface area contributed by atoms with Crippen LogP contribution < -0.4 is 11.1 Å². The number of rotatable bonds is 6. The fourth-order valence-corrected chi connectivity index (χ4v) is 4.92. The molecule has 14 heteroatoms. The van der Waals surface area contributed by atoms with Crippen LogP contribution in [-0.2, 0) is 24.4 Å². The third-order valence-corrected chi connectivity index (χ3v) is 8.09.